The lowest BCUT2D eigenvalue weighted by Crippen LogP contribution is -2.51. The first kappa shape index (κ1) is 16.2. The Morgan fingerprint density at radius 2 is 1.58 bits per heavy atom. The van der Waals surface area contributed by atoms with Gasteiger partial charge in [-0.25, -0.2) is 0 Å². The van der Waals surface area contributed by atoms with Gasteiger partial charge in [0.25, 0.3) is 0 Å². The van der Waals surface area contributed by atoms with E-state index in [0.29, 0.717) is 0 Å². The highest BCUT2D eigenvalue weighted by molar-refractivity contribution is 5.27. The molecule has 1 aromatic carbocycles. The first-order valence-corrected chi connectivity index (χ1v) is 7.56. The molecule has 2 N–H and O–H groups in total. The second-order valence-electron chi connectivity index (χ2n) is 5.80. The zero-order valence-electron chi connectivity index (χ0n) is 13.2. The lowest BCUT2D eigenvalue weighted by molar-refractivity contribution is 0.107. The van der Waals surface area contributed by atoms with E-state index in [0.717, 1.165) is 19.5 Å². The van der Waals surface area contributed by atoms with Gasteiger partial charge in [0.2, 0.25) is 0 Å². The highest BCUT2D eigenvalue weighted by Crippen LogP contribution is 2.29. The van der Waals surface area contributed by atoms with Crippen LogP contribution in [0.15, 0.2) is 24.3 Å². The molecule has 19 heavy (non-hydrogen) atoms. The van der Waals surface area contributed by atoms with Crippen LogP contribution in [0.2, 0.25) is 0 Å². The molecule has 1 unspecified atom stereocenters. The van der Waals surface area contributed by atoms with Crippen LogP contribution in [0.3, 0.4) is 0 Å². The molecule has 0 spiro atoms. The predicted octanol–water partition coefficient (Wildman–Crippen LogP) is 3.76. The molecule has 2 heteroatoms. The van der Waals surface area contributed by atoms with Crippen LogP contribution in [-0.2, 0) is 6.42 Å². The molecule has 0 aromatic heterocycles. The maximum absolute atomic E-state index is 6.51. The average Bonchev–Trinajstić information content (AvgIpc) is 2.40. The minimum Gasteiger partial charge on any atom is -0.322 e. The number of hydrogen-bond acceptors (Lipinski definition) is 2. The fraction of sp³-hybridized carbons (Fsp3) is 0.647. The van der Waals surface area contributed by atoms with Gasteiger partial charge in [0.1, 0.15) is 0 Å². The van der Waals surface area contributed by atoms with Crippen LogP contribution in [0.4, 0.5) is 0 Å². The standard InChI is InChI=1S/C17H30N2/c1-6-9-14-10-12-15(13-11-14)16(18)17(4,5)19(7-2)8-3/h10-13,16H,6-9,18H2,1-5H3. The highest BCUT2D eigenvalue weighted by Gasteiger charge is 2.32. The van der Waals surface area contributed by atoms with Crippen molar-refractivity contribution in [3.63, 3.8) is 0 Å². The molecule has 0 fully saturated rings. The number of aryl methyl sites for hydroxylation is 1. The molecule has 0 radical (unpaired) electrons. The van der Waals surface area contributed by atoms with Gasteiger partial charge in [-0.3, -0.25) is 4.90 Å². The quantitative estimate of drug-likeness (QED) is 0.810. The van der Waals surface area contributed by atoms with Gasteiger partial charge in [0.15, 0.2) is 0 Å². The summed E-state index contributed by atoms with van der Waals surface area (Å²) in [4.78, 5) is 2.43. The van der Waals surface area contributed by atoms with Crippen molar-refractivity contribution >= 4 is 0 Å². The Hall–Kier alpha value is -0.860. The van der Waals surface area contributed by atoms with E-state index in [2.05, 4.69) is 63.8 Å². The van der Waals surface area contributed by atoms with Gasteiger partial charge in [0, 0.05) is 11.6 Å². The molecular weight excluding hydrogens is 232 g/mol. The van der Waals surface area contributed by atoms with Crippen molar-refractivity contribution in [1.29, 1.82) is 0 Å². The average molecular weight is 262 g/mol. The van der Waals surface area contributed by atoms with Gasteiger partial charge >= 0.3 is 0 Å². The number of nitrogens with two attached hydrogens (primary N) is 1. The lowest BCUT2D eigenvalue weighted by Gasteiger charge is -2.42. The summed E-state index contributed by atoms with van der Waals surface area (Å²) in [6, 6.07) is 8.87. The third-order valence-corrected chi connectivity index (χ3v) is 4.22. The van der Waals surface area contributed by atoms with Crippen molar-refractivity contribution in [1.82, 2.24) is 4.90 Å². The number of benzene rings is 1. The maximum atomic E-state index is 6.51. The summed E-state index contributed by atoms with van der Waals surface area (Å²) in [6.45, 7) is 13.2. The Balaban J connectivity index is 2.89. The van der Waals surface area contributed by atoms with E-state index in [1.807, 2.05) is 0 Å². The Morgan fingerprint density at radius 3 is 2.00 bits per heavy atom. The summed E-state index contributed by atoms with van der Waals surface area (Å²) in [7, 11) is 0. The minimum absolute atomic E-state index is 0.0181. The van der Waals surface area contributed by atoms with Crippen molar-refractivity contribution in [3.05, 3.63) is 35.4 Å². The Morgan fingerprint density at radius 1 is 1.05 bits per heavy atom. The third-order valence-electron chi connectivity index (χ3n) is 4.22. The fourth-order valence-electron chi connectivity index (χ4n) is 2.82. The molecular formula is C17H30N2. The Labute approximate surface area is 119 Å². The van der Waals surface area contributed by atoms with E-state index in [4.69, 9.17) is 5.73 Å². The summed E-state index contributed by atoms with van der Waals surface area (Å²) in [5.74, 6) is 0. The number of rotatable bonds is 7. The van der Waals surface area contributed by atoms with E-state index in [9.17, 15) is 0 Å². The molecule has 0 saturated carbocycles. The van der Waals surface area contributed by atoms with E-state index in [1.165, 1.54) is 17.5 Å². The summed E-state index contributed by atoms with van der Waals surface area (Å²) in [5, 5.41) is 0. The van der Waals surface area contributed by atoms with Crippen molar-refractivity contribution in [2.75, 3.05) is 13.1 Å². The number of nitrogens with zero attached hydrogens (tertiary/aromatic N) is 1. The van der Waals surface area contributed by atoms with Gasteiger partial charge in [-0.05, 0) is 44.5 Å². The largest absolute Gasteiger partial charge is 0.322 e. The molecule has 0 amide bonds. The topological polar surface area (TPSA) is 29.3 Å². The molecule has 0 saturated heterocycles. The van der Waals surface area contributed by atoms with Gasteiger partial charge in [-0.1, -0.05) is 51.5 Å². The van der Waals surface area contributed by atoms with Gasteiger partial charge in [0.05, 0.1) is 0 Å². The normalized spacial score (nSPS) is 13.8. The number of likely N-dealkylation sites (N-methyl/N-ethyl adjacent to an activating group) is 1. The van der Waals surface area contributed by atoms with E-state index in [-0.39, 0.29) is 11.6 Å². The van der Waals surface area contributed by atoms with Crippen molar-refractivity contribution in [2.45, 2.75) is 59.0 Å². The van der Waals surface area contributed by atoms with E-state index < -0.39 is 0 Å². The van der Waals surface area contributed by atoms with Crippen LogP contribution in [0.5, 0.6) is 0 Å². The summed E-state index contributed by atoms with van der Waals surface area (Å²) < 4.78 is 0. The van der Waals surface area contributed by atoms with Crippen LogP contribution in [-0.4, -0.2) is 23.5 Å². The van der Waals surface area contributed by atoms with Crippen LogP contribution in [0.25, 0.3) is 0 Å². The first-order chi connectivity index (χ1) is 8.97. The zero-order valence-corrected chi connectivity index (χ0v) is 13.2. The molecule has 2 nitrogen and oxygen atoms in total. The van der Waals surface area contributed by atoms with Gasteiger partial charge < -0.3 is 5.73 Å². The van der Waals surface area contributed by atoms with Gasteiger partial charge in [-0.2, -0.15) is 0 Å². The summed E-state index contributed by atoms with van der Waals surface area (Å²) in [5.41, 5.74) is 9.12. The Kier molecular flexibility index (Phi) is 6.02. The van der Waals surface area contributed by atoms with Crippen molar-refractivity contribution < 1.29 is 0 Å². The molecule has 0 bridgehead atoms. The third kappa shape index (κ3) is 3.80. The molecule has 0 aliphatic carbocycles. The second kappa shape index (κ2) is 7.06. The van der Waals surface area contributed by atoms with Crippen LogP contribution in [0, 0.1) is 0 Å². The minimum atomic E-state index is -0.0181. The Bertz CT molecular complexity index is 363. The SMILES string of the molecule is CCCc1ccc(C(N)C(C)(C)N(CC)CC)cc1. The lowest BCUT2D eigenvalue weighted by atomic mass is 9.87. The highest BCUT2D eigenvalue weighted by atomic mass is 15.2. The zero-order chi connectivity index (χ0) is 14.5. The smallest absolute Gasteiger partial charge is 0.0476 e. The summed E-state index contributed by atoms with van der Waals surface area (Å²) >= 11 is 0. The molecule has 0 aliphatic rings. The molecule has 0 aliphatic heterocycles. The van der Waals surface area contributed by atoms with Crippen molar-refractivity contribution in [2.24, 2.45) is 5.73 Å². The van der Waals surface area contributed by atoms with E-state index in [1.54, 1.807) is 0 Å². The van der Waals surface area contributed by atoms with Crippen LogP contribution >= 0.6 is 0 Å². The fourth-order valence-corrected chi connectivity index (χ4v) is 2.82. The second-order valence-corrected chi connectivity index (χ2v) is 5.80. The molecule has 1 aromatic rings. The maximum Gasteiger partial charge on any atom is 0.0476 e. The van der Waals surface area contributed by atoms with E-state index >= 15 is 0 Å². The molecule has 1 rings (SSSR count). The molecule has 1 atom stereocenters. The summed E-state index contributed by atoms with van der Waals surface area (Å²) in [6.07, 6.45) is 2.34. The number of hydrogen-bond donors (Lipinski definition) is 1. The van der Waals surface area contributed by atoms with Crippen LogP contribution in [0.1, 0.15) is 58.2 Å². The van der Waals surface area contributed by atoms with Gasteiger partial charge in [-0.15, -0.1) is 0 Å². The monoisotopic (exact) mass is 262 g/mol. The molecule has 0 heterocycles. The van der Waals surface area contributed by atoms with Crippen molar-refractivity contribution in [3.8, 4) is 0 Å². The van der Waals surface area contributed by atoms with Crippen LogP contribution < -0.4 is 5.73 Å². The first-order valence-electron chi connectivity index (χ1n) is 7.56. The predicted molar refractivity (Wildman–Crippen MR) is 84.4 cm³/mol. The molecule has 108 valence electrons.